The molecule has 1 aromatic heterocycles. The Balaban J connectivity index is 2.51. The minimum atomic E-state index is -1.06. The number of hydrogen-bond acceptors (Lipinski definition) is 4. The molecule has 4 N–H and O–H groups in total. The predicted molar refractivity (Wildman–Crippen MR) is 62.7 cm³/mol. The molecular formula is C12H10N2O3. The van der Waals surface area contributed by atoms with Crippen molar-refractivity contribution in [3.63, 3.8) is 0 Å². The molecule has 0 radical (unpaired) electrons. The minimum absolute atomic E-state index is 0.0839. The van der Waals surface area contributed by atoms with Crippen molar-refractivity contribution in [2.45, 2.75) is 0 Å². The molecule has 2 aromatic rings. The molecule has 5 nitrogen and oxygen atoms in total. The van der Waals surface area contributed by atoms with Crippen LogP contribution in [0.3, 0.4) is 0 Å². The van der Waals surface area contributed by atoms with Crippen molar-refractivity contribution in [3.8, 4) is 17.0 Å². The maximum absolute atomic E-state index is 10.9. The molecule has 1 aromatic carbocycles. The van der Waals surface area contributed by atoms with Crippen LogP contribution in [0.4, 0.5) is 5.82 Å². The second-order valence-electron chi connectivity index (χ2n) is 3.52. The lowest BCUT2D eigenvalue weighted by Crippen LogP contribution is -2.01. The molecule has 0 aliphatic carbocycles. The predicted octanol–water partition coefficient (Wildman–Crippen LogP) is 1.73. The number of aromatic nitrogens is 1. The van der Waals surface area contributed by atoms with Crippen molar-refractivity contribution in [2.75, 3.05) is 5.73 Å². The summed E-state index contributed by atoms with van der Waals surface area (Å²) < 4.78 is 0. The van der Waals surface area contributed by atoms with Crippen LogP contribution in [-0.4, -0.2) is 21.2 Å². The van der Waals surface area contributed by atoms with Gasteiger partial charge >= 0.3 is 5.97 Å². The summed E-state index contributed by atoms with van der Waals surface area (Å²) in [5.41, 5.74) is 6.78. The van der Waals surface area contributed by atoms with Crippen LogP contribution in [0.1, 0.15) is 10.4 Å². The third-order valence-electron chi connectivity index (χ3n) is 2.26. The Morgan fingerprint density at radius 2 is 1.82 bits per heavy atom. The molecule has 0 atom stereocenters. The molecule has 0 bridgehead atoms. The lowest BCUT2D eigenvalue weighted by atomic mass is 10.1. The number of hydrogen-bond donors (Lipinski definition) is 3. The van der Waals surface area contributed by atoms with Gasteiger partial charge < -0.3 is 15.9 Å². The summed E-state index contributed by atoms with van der Waals surface area (Å²) in [6.45, 7) is 0. The van der Waals surface area contributed by atoms with Crippen LogP contribution in [0.25, 0.3) is 11.3 Å². The Labute approximate surface area is 97.2 Å². The number of aromatic carboxylic acids is 1. The van der Waals surface area contributed by atoms with Crippen LogP contribution in [-0.2, 0) is 0 Å². The number of nitrogens with two attached hydrogens (primary N) is 1. The molecule has 1 heterocycles. The van der Waals surface area contributed by atoms with E-state index in [1.165, 1.54) is 24.3 Å². The molecule has 0 amide bonds. The summed E-state index contributed by atoms with van der Waals surface area (Å²) in [6.07, 6.45) is 0. The summed E-state index contributed by atoms with van der Waals surface area (Å²) in [5, 5.41) is 18.1. The van der Waals surface area contributed by atoms with E-state index in [0.717, 1.165) is 0 Å². The highest BCUT2D eigenvalue weighted by Crippen LogP contribution is 2.22. The Kier molecular flexibility index (Phi) is 2.66. The standard InChI is InChI=1S/C12H10N2O3/c13-11-6-8(12(16)17)5-10(14-11)7-1-3-9(15)4-2-7/h1-6,15H,(H2,13,14)(H,16,17). The highest BCUT2D eigenvalue weighted by atomic mass is 16.4. The number of aromatic hydroxyl groups is 1. The number of benzene rings is 1. The molecule has 5 heteroatoms. The van der Waals surface area contributed by atoms with E-state index in [1.807, 2.05) is 0 Å². The third-order valence-corrected chi connectivity index (χ3v) is 2.26. The van der Waals surface area contributed by atoms with Crippen molar-refractivity contribution in [1.82, 2.24) is 4.98 Å². The van der Waals surface area contributed by atoms with Gasteiger partial charge in [0.25, 0.3) is 0 Å². The Morgan fingerprint density at radius 3 is 2.41 bits per heavy atom. The summed E-state index contributed by atoms with van der Waals surface area (Å²) in [5.74, 6) is -0.775. The van der Waals surface area contributed by atoms with Crippen molar-refractivity contribution in [2.24, 2.45) is 0 Å². The number of rotatable bonds is 2. The average Bonchev–Trinajstić information content (AvgIpc) is 2.29. The number of anilines is 1. The number of carboxylic acid groups (broad SMARTS) is 1. The number of phenols is 1. The Morgan fingerprint density at radius 1 is 1.18 bits per heavy atom. The fraction of sp³-hybridized carbons (Fsp3) is 0. The van der Waals surface area contributed by atoms with Crippen LogP contribution >= 0.6 is 0 Å². The second kappa shape index (κ2) is 4.13. The van der Waals surface area contributed by atoms with Gasteiger partial charge in [-0.15, -0.1) is 0 Å². The van der Waals surface area contributed by atoms with Crippen LogP contribution in [0, 0.1) is 0 Å². The molecule has 0 saturated carbocycles. The van der Waals surface area contributed by atoms with Gasteiger partial charge in [0.05, 0.1) is 11.3 Å². The topological polar surface area (TPSA) is 96.4 Å². The van der Waals surface area contributed by atoms with Crippen molar-refractivity contribution < 1.29 is 15.0 Å². The van der Waals surface area contributed by atoms with Gasteiger partial charge in [-0.3, -0.25) is 0 Å². The Bertz CT molecular complexity index is 564. The molecule has 17 heavy (non-hydrogen) atoms. The third kappa shape index (κ3) is 2.34. The van der Waals surface area contributed by atoms with Crippen LogP contribution in [0.15, 0.2) is 36.4 Å². The molecular weight excluding hydrogens is 220 g/mol. The van der Waals surface area contributed by atoms with Gasteiger partial charge in [-0.05, 0) is 36.4 Å². The molecule has 0 unspecified atom stereocenters. The summed E-state index contributed by atoms with van der Waals surface area (Å²) >= 11 is 0. The fourth-order valence-electron chi connectivity index (χ4n) is 1.46. The van der Waals surface area contributed by atoms with Gasteiger partial charge in [0.15, 0.2) is 0 Å². The van der Waals surface area contributed by atoms with Gasteiger partial charge in [-0.25, -0.2) is 9.78 Å². The minimum Gasteiger partial charge on any atom is -0.508 e. The molecule has 0 aliphatic heterocycles. The maximum atomic E-state index is 10.9. The Hall–Kier alpha value is -2.56. The summed E-state index contributed by atoms with van der Waals surface area (Å²) in [6, 6.07) is 9.02. The van der Waals surface area contributed by atoms with Gasteiger partial charge in [0.1, 0.15) is 11.6 Å². The van der Waals surface area contributed by atoms with Crippen LogP contribution < -0.4 is 5.73 Å². The first kappa shape index (κ1) is 10.9. The zero-order valence-electron chi connectivity index (χ0n) is 8.79. The number of carboxylic acids is 1. The largest absolute Gasteiger partial charge is 0.508 e. The first-order valence-corrected chi connectivity index (χ1v) is 4.86. The van der Waals surface area contributed by atoms with E-state index >= 15 is 0 Å². The van der Waals surface area contributed by atoms with Gasteiger partial charge in [0.2, 0.25) is 0 Å². The highest BCUT2D eigenvalue weighted by molar-refractivity contribution is 5.90. The first-order chi connectivity index (χ1) is 8.06. The number of phenolic OH excluding ortho intramolecular Hbond substituents is 1. The highest BCUT2D eigenvalue weighted by Gasteiger charge is 2.08. The molecule has 86 valence electrons. The summed E-state index contributed by atoms with van der Waals surface area (Å²) in [7, 11) is 0. The van der Waals surface area contributed by atoms with E-state index in [2.05, 4.69) is 4.98 Å². The van der Waals surface area contributed by atoms with E-state index in [0.29, 0.717) is 11.3 Å². The van der Waals surface area contributed by atoms with Crippen molar-refractivity contribution in [1.29, 1.82) is 0 Å². The molecule has 0 aliphatic rings. The van der Waals surface area contributed by atoms with Crippen LogP contribution in [0.5, 0.6) is 5.75 Å². The number of pyridine rings is 1. The lowest BCUT2D eigenvalue weighted by molar-refractivity contribution is 0.0697. The quantitative estimate of drug-likeness (QED) is 0.730. The SMILES string of the molecule is Nc1cc(C(=O)O)cc(-c2ccc(O)cc2)n1. The van der Waals surface area contributed by atoms with E-state index in [1.54, 1.807) is 12.1 Å². The van der Waals surface area contributed by atoms with Gasteiger partial charge in [-0.2, -0.15) is 0 Å². The number of carbonyl (C=O) groups is 1. The number of nitrogens with zero attached hydrogens (tertiary/aromatic N) is 1. The fourth-order valence-corrected chi connectivity index (χ4v) is 1.46. The van der Waals surface area contributed by atoms with Gasteiger partial charge in [0, 0.05) is 5.56 Å². The summed E-state index contributed by atoms with van der Waals surface area (Å²) in [4.78, 5) is 14.9. The molecule has 0 fully saturated rings. The monoisotopic (exact) mass is 230 g/mol. The van der Waals surface area contributed by atoms with E-state index in [9.17, 15) is 4.79 Å². The first-order valence-electron chi connectivity index (χ1n) is 4.86. The number of nitrogen functional groups attached to an aromatic ring is 1. The molecule has 0 saturated heterocycles. The van der Waals surface area contributed by atoms with E-state index in [4.69, 9.17) is 15.9 Å². The van der Waals surface area contributed by atoms with Crippen molar-refractivity contribution in [3.05, 3.63) is 42.0 Å². The molecule has 2 rings (SSSR count). The van der Waals surface area contributed by atoms with Crippen molar-refractivity contribution >= 4 is 11.8 Å². The second-order valence-corrected chi connectivity index (χ2v) is 3.52. The van der Waals surface area contributed by atoms with E-state index < -0.39 is 5.97 Å². The van der Waals surface area contributed by atoms with Gasteiger partial charge in [-0.1, -0.05) is 0 Å². The zero-order valence-corrected chi connectivity index (χ0v) is 8.79. The maximum Gasteiger partial charge on any atom is 0.335 e. The average molecular weight is 230 g/mol. The zero-order chi connectivity index (χ0) is 12.4. The molecule has 0 spiro atoms. The normalized spacial score (nSPS) is 10.1. The van der Waals surface area contributed by atoms with Crippen LogP contribution in [0.2, 0.25) is 0 Å². The lowest BCUT2D eigenvalue weighted by Gasteiger charge is -2.04. The smallest absolute Gasteiger partial charge is 0.335 e. The van der Waals surface area contributed by atoms with E-state index in [-0.39, 0.29) is 17.1 Å².